The number of para-hydroxylation sites is 1. The van der Waals surface area contributed by atoms with Crippen LogP contribution in [-0.2, 0) is 10.0 Å². The summed E-state index contributed by atoms with van der Waals surface area (Å²) in [6.45, 7) is 8.12. The molecule has 3 N–H and O–H groups in total. The van der Waals surface area contributed by atoms with Crippen LogP contribution in [0.2, 0.25) is 0 Å². The molecule has 0 amide bonds. The van der Waals surface area contributed by atoms with Gasteiger partial charge in [0, 0.05) is 12.8 Å². The summed E-state index contributed by atoms with van der Waals surface area (Å²) in [4.78, 5) is 0. The number of hydrogen-bond acceptors (Lipinski definition) is 4. The highest BCUT2D eigenvalue weighted by Gasteiger charge is 2.08. The van der Waals surface area contributed by atoms with Gasteiger partial charge < -0.3 is 9.29 Å². The SMILES string of the molecule is CC(C)(C)CNCOc1ccccc1.CS(=N)(=O)O. The molecule has 19 heavy (non-hydrogen) atoms. The fraction of sp³-hybridized carbons (Fsp3) is 0.538. The second kappa shape index (κ2) is 8.14. The van der Waals surface area contributed by atoms with Crippen molar-refractivity contribution in [2.45, 2.75) is 20.8 Å². The van der Waals surface area contributed by atoms with Crippen LogP contribution in [0.15, 0.2) is 30.3 Å². The highest BCUT2D eigenvalue weighted by Crippen LogP contribution is 2.11. The lowest BCUT2D eigenvalue weighted by atomic mass is 9.97. The van der Waals surface area contributed by atoms with Gasteiger partial charge in [-0.1, -0.05) is 39.0 Å². The molecule has 1 aromatic carbocycles. The van der Waals surface area contributed by atoms with Gasteiger partial charge in [-0.3, -0.25) is 5.32 Å². The van der Waals surface area contributed by atoms with Crippen molar-refractivity contribution in [2.24, 2.45) is 5.41 Å². The van der Waals surface area contributed by atoms with E-state index < -0.39 is 10.0 Å². The predicted molar refractivity (Wildman–Crippen MR) is 78.8 cm³/mol. The van der Waals surface area contributed by atoms with E-state index in [1.807, 2.05) is 30.3 Å². The van der Waals surface area contributed by atoms with Gasteiger partial charge in [0.1, 0.15) is 12.5 Å². The van der Waals surface area contributed by atoms with E-state index >= 15 is 0 Å². The third-order valence-corrected chi connectivity index (χ3v) is 1.74. The zero-order valence-electron chi connectivity index (χ0n) is 12.0. The number of nitrogens with one attached hydrogen (secondary N) is 2. The molecule has 0 aliphatic rings. The van der Waals surface area contributed by atoms with Gasteiger partial charge in [-0.05, 0) is 17.5 Å². The van der Waals surface area contributed by atoms with Crippen LogP contribution in [0.5, 0.6) is 5.75 Å². The van der Waals surface area contributed by atoms with Crippen molar-refractivity contribution < 1.29 is 13.5 Å². The molecule has 1 rings (SSSR count). The minimum absolute atomic E-state index is 0.306. The van der Waals surface area contributed by atoms with Crippen LogP contribution in [0.3, 0.4) is 0 Å². The van der Waals surface area contributed by atoms with Crippen molar-refractivity contribution in [1.82, 2.24) is 5.32 Å². The Balaban J connectivity index is 0.000000555. The van der Waals surface area contributed by atoms with Gasteiger partial charge in [0.15, 0.2) is 10.0 Å². The predicted octanol–water partition coefficient (Wildman–Crippen LogP) is 2.79. The van der Waals surface area contributed by atoms with Crippen molar-refractivity contribution in [3.05, 3.63) is 30.3 Å². The van der Waals surface area contributed by atoms with E-state index in [9.17, 15) is 4.21 Å². The molecule has 6 heteroatoms. The second-order valence-electron chi connectivity index (χ2n) is 5.39. The lowest BCUT2D eigenvalue weighted by Crippen LogP contribution is -2.29. The molecule has 0 aromatic heterocycles. The van der Waals surface area contributed by atoms with Crippen molar-refractivity contribution in [3.63, 3.8) is 0 Å². The maximum atomic E-state index is 9.41. The van der Waals surface area contributed by atoms with Crippen molar-refractivity contribution in [1.29, 1.82) is 4.78 Å². The van der Waals surface area contributed by atoms with E-state index in [-0.39, 0.29) is 0 Å². The fourth-order valence-electron chi connectivity index (χ4n) is 1.08. The molecule has 0 radical (unpaired) electrons. The van der Waals surface area contributed by atoms with Gasteiger partial charge in [-0.2, -0.15) is 0 Å². The minimum atomic E-state index is -3.17. The van der Waals surface area contributed by atoms with Crippen molar-refractivity contribution in [2.75, 3.05) is 19.5 Å². The molecule has 5 nitrogen and oxygen atoms in total. The van der Waals surface area contributed by atoms with E-state index in [4.69, 9.17) is 14.1 Å². The first-order valence-electron chi connectivity index (χ1n) is 5.93. The molecule has 0 saturated heterocycles. The average Bonchev–Trinajstić information content (AvgIpc) is 2.22. The quantitative estimate of drug-likeness (QED) is 0.587. The lowest BCUT2D eigenvalue weighted by Gasteiger charge is -2.18. The van der Waals surface area contributed by atoms with Crippen LogP contribution in [0.4, 0.5) is 0 Å². The van der Waals surface area contributed by atoms with Gasteiger partial charge >= 0.3 is 0 Å². The van der Waals surface area contributed by atoms with E-state index in [1.165, 1.54) is 0 Å². The molecular weight excluding hydrogens is 264 g/mol. The highest BCUT2D eigenvalue weighted by molar-refractivity contribution is 7.86. The molecule has 0 saturated carbocycles. The van der Waals surface area contributed by atoms with Gasteiger partial charge in [0.2, 0.25) is 0 Å². The van der Waals surface area contributed by atoms with Gasteiger partial charge in [-0.25, -0.2) is 8.99 Å². The van der Waals surface area contributed by atoms with Crippen LogP contribution in [-0.4, -0.2) is 28.3 Å². The highest BCUT2D eigenvalue weighted by atomic mass is 32.2. The molecule has 0 fully saturated rings. The summed E-state index contributed by atoms with van der Waals surface area (Å²) in [6, 6.07) is 9.84. The summed E-state index contributed by atoms with van der Waals surface area (Å²) in [7, 11) is -3.17. The zero-order chi connectivity index (χ0) is 14.9. The van der Waals surface area contributed by atoms with Crippen LogP contribution < -0.4 is 10.1 Å². The number of benzene rings is 1. The Kier molecular flexibility index (Phi) is 7.66. The maximum Gasteiger partial charge on any atom is 0.155 e. The normalized spacial score (nSPS) is 13.9. The Morgan fingerprint density at radius 3 is 2.21 bits per heavy atom. The lowest BCUT2D eigenvalue weighted by molar-refractivity contribution is 0.254. The zero-order valence-corrected chi connectivity index (χ0v) is 12.8. The Morgan fingerprint density at radius 2 is 1.79 bits per heavy atom. The van der Waals surface area contributed by atoms with E-state index in [2.05, 4.69) is 26.1 Å². The summed E-state index contributed by atoms with van der Waals surface area (Å²) in [5, 5.41) is 3.25. The molecule has 110 valence electrons. The first-order valence-corrected chi connectivity index (χ1v) is 7.85. The van der Waals surface area contributed by atoms with Crippen molar-refractivity contribution >= 4 is 10.0 Å². The molecule has 1 unspecified atom stereocenters. The Hall–Kier alpha value is -1.11. The average molecular weight is 288 g/mol. The smallest absolute Gasteiger partial charge is 0.155 e. The van der Waals surface area contributed by atoms with E-state index in [0.717, 1.165) is 18.6 Å². The van der Waals surface area contributed by atoms with E-state index in [0.29, 0.717) is 12.1 Å². The number of rotatable bonds is 4. The topological polar surface area (TPSA) is 82.4 Å². The molecule has 0 bridgehead atoms. The summed E-state index contributed by atoms with van der Waals surface area (Å²) >= 11 is 0. The van der Waals surface area contributed by atoms with Crippen LogP contribution in [0, 0.1) is 10.2 Å². The summed E-state index contributed by atoms with van der Waals surface area (Å²) in [6.07, 6.45) is 0.938. The Morgan fingerprint density at radius 1 is 1.32 bits per heavy atom. The third kappa shape index (κ3) is 16.9. The minimum Gasteiger partial charge on any atom is -0.478 e. The monoisotopic (exact) mass is 288 g/mol. The molecule has 0 aliphatic carbocycles. The third-order valence-electron chi connectivity index (χ3n) is 1.74. The van der Waals surface area contributed by atoms with Crippen LogP contribution in [0.25, 0.3) is 0 Å². The first-order chi connectivity index (χ1) is 8.58. The Labute approximate surface area is 116 Å². The first kappa shape index (κ1) is 17.9. The summed E-state index contributed by atoms with van der Waals surface area (Å²) in [5.41, 5.74) is 0.306. The number of hydrogen-bond donors (Lipinski definition) is 3. The Bertz CT molecular complexity index is 431. The summed E-state index contributed by atoms with van der Waals surface area (Å²) in [5.74, 6) is 0.911. The van der Waals surface area contributed by atoms with Crippen LogP contribution in [0.1, 0.15) is 20.8 Å². The molecule has 1 atom stereocenters. The van der Waals surface area contributed by atoms with Gasteiger partial charge in [0.05, 0.1) is 0 Å². The maximum absolute atomic E-state index is 9.41. The van der Waals surface area contributed by atoms with Gasteiger partial charge in [-0.15, -0.1) is 0 Å². The molecule has 0 heterocycles. The van der Waals surface area contributed by atoms with Crippen molar-refractivity contribution in [3.8, 4) is 5.75 Å². The van der Waals surface area contributed by atoms with Gasteiger partial charge in [0.25, 0.3) is 0 Å². The summed E-state index contributed by atoms with van der Waals surface area (Å²) < 4.78 is 28.6. The second-order valence-corrected chi connectivity index (χ2v) is 7.00. The van der Waals surface area contributed by atoms with Crippen LogP contribution >= 0.6 is 0 Å². The molecule has 0 spiro atoms. The number of ether oxygens (including phenoxy) is 1. The fourth-order valence-corrected chi connectivity index (χ4v) is 1.08. The largest absolute Gasteiger partial charge is 0.478 e. The standard InChI is InChI=1S/C12H19NO.CH5NO2S/c1-12(2,3)9-13-10-14-11-7-5-4-6-8-11;1-5(2,3)4/h4-8,13H,9-10H2,1-3H3;1H3,(H2,2,3,4). The molecular formula is C13H24N2O3S. The van der Waals surface area contributed by atoms with E-state index in [1.54, 1.807) is 0 Å². The molecule has 0 aliphatic heterocycles. The molecule has 1 aromatic rings.